The van der Waals surface area contributed by atoms with Crippen LogP contribution in [0.25, 0.3) is 10.6 Å². The molecular weight excluding hydrogens is 258 g/mol. The lowest BCUT2D eigenvalue weighted by molar-refractivity contribution is -0.127. The first-order valence-electron chi connectivity index (χ1n) is 6.68. The first-order chi connectivity index (χ1) is 9.33. The molecule has 1 aliphatic carbocycles. The third kappa shape index (κ3) is 2.87. The molecule has 0 aliphatic heterocycles. The van der Waals surface area contributed by atoms with Gasteiger partial charge in [0.15, 0.2) is 0 Å². The average molecular weight is 275 g/mol. The normalized spacial score (nSPS) is 15.2. The van der Waals surface area contributed by atoms with Gasteiger partial charge in [0.05, 0.1) is 11.4 Å². The Kier molecular flexibility index (Phi) is 3.64. The van der Waals surface area contributed by atoms with Crippen LogP contribution in [0.1, 0.15) is 19.3 Å². The summed E-state index contributed by atoms with van der Waals surface area (Å²) in [4.78, 5) is 12.8. The van der Waals surface area contributed by atoms with E-state index >= 15 is 0 Å². The van der Waals surface area contributed by atoms with Crippen LogP contribution in [-0.2, 0) is 11.3 Å². The molecule has 19 heavy (non-hydrogen) atoms. The summed E-state index contributed by atoms with van der Waals surface area (Å²) >= 11 is 1.69. The van der Waals surface area contributed by atoms with Crippen molar-refractivity contribution in [2.45, 2.75) is 25.8 Å². The Morgan fingerprint density at radius 2 is 2.37 bits per heavy atom. The number of hydrogen-bond donors (Lipinski definition) is 1. The van der Waals surface area contributed by atoms with E-state index in [1.807, 2.05) is 28.4 Å². The van der Waals surface area contributed by atoms with Gasteiger partial charge in [-0.1, -0.05) is 12.5 Å². The summed E-state index contributed by atoms with van der Waals surface area (Å²) < 4.78 is 1.89. The van der Waals surface area contributed by atoms with Crippen LogP contribution in [0.15, 0.2) is 29.8 Å². The van der Waals surface area contributed by atoms with Crippen LogP contribution in [0.3, 0.4) is 0 Å². The molecule has 4 nitrogen and oxygen atoms in total. The summed E-state index contributed by atoms with van der Waals surface area (Å²) in [5.41, 5.74) is 1.00. The minimum atomic E-state index is 0.205. The topological polar surface area (TPSA) is 46.9 Å². The molecule has 1 fully saturated rings. The molecule has 100 valence electrons. The number of amides is 1. The predicted octanol–water partition coefficient (Wildman–Crippen LogP) is 2.53. The minimum Gasteiger partial charge on any atom is -0.354 e. The van der Waals surface area contributed by atoms with Gasteiger partial charge >= 0.3 is 0 Å². The van der Waals surface area contributed by atoms with Gasteiger partial charge in [0, 0.05) is 18.7 Å². The number of aromatic nitrogens is 2. The molecule has 0 bridgehead atoms. The average Bonchev–Trinajstić information content (AvgIpc) is 2.96. The molecule has 3 rings (SSSR count). The molecule has 1 amide bonds. The fourth-order valence-electron chi connectivity index (χ4n) is 2.15. The molecule has 0 radical (unpaired) electrons. The van der Waals surface area contributed by atoms with Crippen LogP contribution < -0.4 is 5.32 Å². The number of nitrogens with one attached hydrogen (secondary N) is 1. The molecule has 0 aromatic carbocycles. The van der Waals surface area contributed by atoms with Crippen molar-refractivity contribution in [1.82, 2.24) is 15.1 Å². The van der Waals surface area contributed by atoms with Crippen LogP contribution in [0, 0.1) is 5.92 Å². The highest BCUT2D eigenvalue weighted by atomic mass is 32.1. The zero-order valence-electron chi connectivity index (χ0n) is 10.7. The second-order valence-corrected chi connectivity index (χ2v) is 5.81. The molecular formula is C14H17N3OS. The number of nitrogens with zero attached hydrogens (tertiary/aromatic N) is 2. The van der Waals surface area contributed by atoms with Gasteiger partial charge in [0.1, 0.15) is 5.69 Å². The van der Waals surface area contributed by atoms with Crippen molar-refractivity contribution in [3.63, 3.8) is 0 Å². The number of hydrogen-bond acceptors (Lipinski definition) is 3. The Morgan fingerprint density at radius 3 is 3.05 bits per heavy atom. The molecule has 0 atom stereocenters. The van der Waals surface area contributed by atoms with Gasteiger partial charge in [-0.05, 0) is 30.4 Å². The van der Waals surface area contributed by atoms with Gasteiger partial charge in [-0.3, -0.25) is 9.48 Å². The van der Waals surface area contributed by atoms with E-state index in [0.29, 0.717) is 6.54 Å². The predicted molar refractivity (Wildman–Crippen MR) is 75.9 cm³/mol. The highest BCUT2D eigenvalue weighted by Crippen LogP contribution is 2.26. The Labute approximate surface area is 116 Å². The smallest absolute Gasteiger partial charge is 0.223 e. The lowest BCUT2D eigenvalue weighted by Crippen LogP contribution is -2.36. The van der Waals surface area contributed by atoms with Gasteiger partial charge in [-0.15, -0.1) is 11.3 Å². The molecule has 0 spiro atoms. The van der Waals surface area contributed by atoms with Gasteiger partial charge in [-0.25, -0.2) is 0 Å². The van der Waals surface area contributed by atoms with Gasteiger partial charge in [-0.2, -0.15) is 5.10 Å². The van der Waals surface area contributed by atoms with Gasteiger partial charge in [0.2, 0.25) is 5.91 Å². The summed E-state index contributed by atoms with van der Waals surface area (Å²) in [7, 11) is 0. The Morgan fingerprint density at radius 1 is 1.47 bits per heavy atom. The van der Waals surface area contributed by atoms with Crippen molar-refractivity contribution in [3.05, 3.63) is 29.8 Å². The summed E-state index contributed by atoms with van der Waals surface area (Å²) in [5, 5.41) is 9.53. The molecule has 0 unspecified atom stereocenters. The Hall–Kier alpha value is -1.62. The maximum absolute atomic E-state index is 11.7. The summed E-state index contributed by atoms with van der Waals surface area (Å²) in [6, 6.07) is 6.10. The third-order valence-corrected chi connectivity index (χ3v) is 4.42. The van der Waals surface area contributed by atoms with Crippen molar-refractivity contribution in [2.75, 3.05) is 6.54 Å². The van der Waals surface area contributed by atoms with Crippen molar-refractivity contribution in [2.24, 2.45) is 5.92 Å². The second kappa shape index (κ2) is 5.57. The zero-order chi connectivity index (χ0) is 13.1. The molecule has 1 N–H and O–H groups in total. The maximum Gasteiger partial charge on any atom is 0.223 e. The molecule has 5 heteroatoms. The van der Waals surface area contributed by atoms with E-state index < -0.39 is 0 Å². The SMILES string of the molecule is O=C(NCCn1ccc(-c2cccs2)n1)C1CCC1. The van der Waals surface area contributed by atoms with Gasteiger partial charge < -0.3 is 5.32 Å². The first kappa shape index (κ1) is 12.4. The molecule has 2 heterocycles. The number of carbonyl (C=O) groups is 1. The Balaban J connectivity index is 1.49. The standard InChI is InChI=1S/C14H17N3OS/c18-14(11-3-1-4-11)15-7-9-17-8-6-12(16-17)13-5-2-10-19-13/h2,5-6,8,10-11H,1,3-4,7,9H2,(H,15,18). The maximum atomic E-state index is 11.7. The fraction of sp³-hybridized carbons (Fsp3) is 0.429. The summed E-state index contributed by atoms with van der Waals surface area (Å²) in [6.45, 7) is 1.38. The summed E-state index contributed by atoms with van der Waals surface area (Å²) in [5.74, 6) is 0.469. The molecule has 2 aromatic rings. The van der Waals surface area contributed by atoms with E-state index in [-0.39, 0.29) is 11.8 Å². The highest BCUT2D eigenvalue weighted by Gasteiger charge is 2.24. The minimum absolute atomic E-state index is 0.205. The van der Waals surface area contributed by atoms with Crippen molar-refractivity contribution in [3.8, 4) is 10.6 Å². The van der Waals surface area contributed by atoms with E-state index in [1.54, 1.807) is 11.3 Å². The van der Waals surface area contributed by atoms with Crippen LogP contribution in [-0.4, -0.2) is 22.2 Å². The van der Waals surface area contributed by atoms with Crippen LogP contribution >= 0.6 is 11.3 Å². The largest absolute Gasteiger partial charge is 0.354 e. The molecule has 1 saturated carbocycles. The lowest BCUT2D eigenvalue weighted by Gasteiger charge is -2.23. The summed E-state index contributed by atoms with van der Waals surface area (Å²) in [6.07, 6.45) is 5.26. The van der Waals surface area contributed by atoms with E-state index in [4.69, 9.17) is 0 Å². The van der Waals surface area contributed by atoms with E-state index in [2.05, 4.69) is 16.5 Å². The van der Waals surface area contributed by atoms with Gasteiger partial charge in [0.25, 0.3) is 0 Å². The number of rotatable bonds is 5. The molecule has 2 aromatic heterocycles. The third-order valence-electron chi connectivity index (χ3n) is 3.53. The molecule has 1 aliphatic rings. The Bertz CT molecular complexity index is 543. The van der Waals surface area contributed by atoms with Crippen LogP contribution in [0.2, 0.25) is 0 Å². The lowest BCUT2D eigenvalue weighted by atomic mass is 9.85. The monoisotopic (exact) mass is 275 g/mol. The van der Waals surface area contributed by atoms with E-state index in [0.717, 1.165) is 25.1 Å². The zero-order valence-corrected chi connectivity index (χ0v) is 11.5. The van der Waals surface area contributed by atoms with E-state index in [1.165, 1.54) is 11.3 Å². The van der Waals surface area contributed by atoms with Crippen molar-refractivity contribution >= 4 is 17.2 Å². The quantitative estimate of drug-likeness (QED) is 0.911. The second-order valence-electron chi connectivity index (χ2n) is 4.86. The van der Waals surface area contributed by atoms with Crippen molar-refractivity contribution < 1.29 is 4.79 Å². The first-order valence-corrected chi connectivity index (χ1v) is 7.56. The fourth-order valence-corrected chi connectivity index (χ4v) is 2.84. The van der Waals surface area contributed by atoms with Crippen LogP contribution in [0.5, 0.6) is 0 Å². The number of thiophene rings is 1. The highest BCUT2D eigenvalue weighted by molar-refractivity contribution is 7.13. The van der Waals surface area contributed by atoms with E-state index in [9.17, 15) is 4.79 Å². The van der Waals surface area contributed by atoms with Crippen molar-refractivity contribution in [1.29, 1.82) is 0 Å². The molecule has 0 saturated heterocycles. The number of carbonyl (C=O) groups excluding carboxylic acids is 1. The van der Waals surface area contributed by atoms with Crippen LogP contribution in [0.4, 0.5) is 0 Å².